The predicted molar refractivity (Wildman–Crippen MR) is 116 cm³/mol. The lowest BCUT2D eigenvalue weighted by atomic mass is 10.1. The molecule has 1 aromatic heterocycles. The number of hydrogen-bond donors (Lipinski definition) is 1. The summed E-state index contributed by atoms with van der Waals surface area (Å²) in [6.45, 7) is 10.1. The number of nitrogens with zero attached hydrogens (tertiary/aromatic N) is 3. The summed E-state index contributed by atoms with van der Waals surface area (Å²) in [4.78, 5) is 21.7. The number of esters is 1. The maximum atomic E-state index is 12.5. The van der Waals surface area contributed by atoms with Gasteiger partial charge in [0.2, 0.25) is 0 Å². The minimum atomic E-state index is -0.307. The van der Waals surface area contributed by atoms with Crippen molar-refractivity contribution >= 4 is 11.8 Å². The van der Waals surface area contributed by atoms with Crippen LogP contribution < -0.4 is 10.6 Å². The van der Waals surface area contributed by atoms with Crippen LogP contribution in [0.15, 0.2) is 42.6 Å². The fraction of sp³-hybridized carbons (Fsp3) is 0.478. The highest BCUT2D eigenvalue weighted by molar-refractivity contribution is 5.94. The third kappa shape index (κ3) is 5.34. The van der Waals surface area contributed by atoms with Crippen LogP contribution >= 0.6 is 0 Å². The molecule has 1 fully saturated rings. The van der Waals surface area contributed by atoms with Crippen molar-refractivity contribution in [1.82, 2.24) is 9.88 Å². The Balaban J connectivity index is 1.69. The third-order valence-electron chi connectivity index (χ3n) is 5.38. The van der Waals surface area contributed by atoms with Crippen molar-refractivity contribution in [2.45, 2.75) is 52.4 Å². The maximum absolute atomic E-state index is 12.5. The molecule has 156 valence electrons. The van der Waals surface area contributed by atoms with E-state index in [9.17, 15) is 4.79 Å². The lowest BCUT2D eigenvalue weighted by Gasteiger charge is -2.28. The number of carbonyl (C=O) groups excluding carboxylic acids is 1. The van der Waals surface area contributed by atoms with Crippen LogP contribution in [0.4, 0.5) is 5.82 Å². The zero-order valence-corrected chi connectivity index (χ0v) is 17.7. The average molecular weight is 397 g/mol. The number of ether oxygens (including phenoxy) is 1. The van der Waals surface area contributed by atoms with Crippen molar-refractivity contribution in [3.8, 4) is 0 Å². The Morgan fingerprint density at radius 2 is 2.00 bits per heavy atom. The Morgan fingerprint density at radius 3 is 2.66 bits per heavy atom. The van der Waals surface area contributed by atoms with Gasteiger partial charge in [-0.25, -0.2) is 9.78 Å². The first-order chi connectivity index (χ1) is 14.0. The summed E-state index contributed by atoms with van der Waals surface area (Å²) in [6, 6.07) is 12.5. The smallest absolute Gasteiger partial charge is 0.342 e. The molecular formula is C23H32N4O2. The fourth-order valence-corrected chi connectivity index (χ4v) is 3.83. The standard InChI is InChI=1S/C23H32N4O2/c1-4-26(15-19-9-7-18(14-24)8-10-19)20-11-13-27(16-20)22-21(6-5-12-25-22)23(28)29-17(2)3/h5-10,12,17,20H,4,11,13-16,24H2,1-3H3/t20-/m1/s1. The van der Waals surface area contributed by atoms with Crippen LogP contribution in [-0.2, 0) is 17.8 Å². The summed E-state index contributed by atoms with van der Waals surface area (Å²) in [5.74, 6) is 0.419. The van der Waals surface area contributed by atoms with E-state index >= 15 is 0 Å². The van der Waals surface area contributed by atoms with E-state index in [1.807, 2.05) is 13.8 Å². The van der Waals surface area contributed by atoms with Gasteiger partial charge in [-0.05, 0) is 50.1 Å². The summed E-state index contributed by atoms with van der Waals surface area (Å²) in [5, 5.41) is 0. The number of aromatic nitrogens is 1. The van der Waals surface area contributed by atoms with Gasteiger partial charge in [-0.1, -0.05) is 31.2 Å². The van der Waals surface area contributed by atoms with Crippen molar-refractivity contribution < 1.29 is 9.53 Å². The molecule has 0 aliphatic carbocycles. The van der Waals surface area contributed by atoms with Crippen LogP contribution in [0.3, 0.4) is 0 Å². The molecule has 0 spiro atoms. The lowest BCUT2D eigenvalue weighted by Crippen LogP contribution is -2.37. The second kappa shape index (κ2) is 9.85. The average Bonchev–Trinajstić information content (AvgIpc) is 3.22. The number of anilines is 1. The Bertz CT molecular complexity index is 807. The van der Waals surface area contributed by atoms with Crippen LogP contribution in [0.5, 0.6) is 0 Å². The first-order valence-corrected chi connectivity index (χ1v) is 10.4. The molecule has 1 aliphatic heterocycles. The SMILES string of the molecule is CCN(Cc1ccc(CN)cc1)[C@@H]1CCN(c2ncccc2C(=O)OC(C)C)C1. The minimum absolute atomic E-state index is 0.150. The molecule has 1 saturated heterocycles. The number of rotatable bonds is 8. The van der Waals surface area contributed by atoms with Gasteiger partial charge in [0, 0.05) is 38.4 Å². The van der Waals surface area contributed by atoms with Gasteiger partial charge in [0.15, 0.2) is 0 Å². The van der Waals surface area contributed by atoms with Gasteiger partial charge >= 0.3 is 5.97 Å². The molecule has 6 heteroatoms. The monoisotopic (exact) mass is 396 g/mol. The molecule has 0 bridgehead atoms. The van der Waals surface area contributed by atoms with Crippen LogP contribution in [0.2, 0.25) is 0 Å². The largest absolute Gasteiger partial charge is 0.459 e. The van der Waals surface area contributed by atoms with E-state index in [4.69, 9.17) is 10.5 Å². The highest BCUT2D eigenvalue weighted by Crippen LogP contribution is 2.26. The molecular weight excluding hydrogens is 364 g/mol. The summed E-state index contributed by atoms with van der Waals surface area (Å²) in [7, 11) is 0. The molecule has 2 aromatic rings. The van der Waals surface area contributed by atoms with Crippen molar-refractivity contribution in [1.29, 1.82) is 0 Å². The van der Waals surface area contributed by atoms with E-state index in [0.29, 0.717) is 18.2 Å². The van der Waals surface area contributed by atoms with Crippen LogP contribution in [-0.4, -0.2) is 47.6 Å². The lowest BCUT2D eigenvalue weighted by molar-refractivity contribution is 0.0378. The summed E-state index contributed by atoms with van der Waals surface area (Å²) < 4.78 is 5.40. The molecule has 1 aliphatic rings. The predicted octanol–water partition coefficient (Wildman–Crippen LogP) is 3.21. The van der Waals surface area contributed by atoms with E-state index in [-0.39, 0.29) is 12.1 Å². The zero-order chi connectivity index (χ0) is 20.8. The normalized spacial score (nSPS) is 16.6. The van der Waals surface area contributed by atoms with Gasteiger partial charge in [0.25, 0.3) is 0 Å². The van der Waals surface area contributed by atoms with E-state index in [1.54, 1.807) is 18.3 Å². The Hall–Kier alpha value is -2.44. The van der Waals surface area contributed by atoms with Crippen molar-refractivity contribution in [3.63, 3.8) is 0 Å². The van der Waals surface area contributed by atoms with Crippen LogP contribution in [0.25, 0.3) is 0 Å². The van der Waals surface area contributed by atoms with E-state index in [0.717, 1.165) is 44.0 Å². The maximum Gasteiger partial charge on any atom is 0.342 e. The molecule has 3 rings (SSSR count). The highest BCUT2D eigenvalue weighted by atomic mass is 16.5. The molecule has 0 saturated carbocycles. The molecule has 0 unspecified atom stereocenters. The molecule has 2 heterocycles. The summed E-state index contributed by atoms with van der Waals surface area (Å²) >= 11 is 0. The molecule has 6 nitrogen and oxygen atoms in total. The number of hydrogen-bond acceptors (Lipinski definition) is 6. The number of pyridine rings is 1. The molecule has 2 N–H and O–H groups in total. The van der Waals surface area contributed by atoms with Crippen molar-refractivity contribution in [2.75, 3.05) is 24.5 Å². The Kier molecular flexibility index (Phi) is 7.23. The molecule has 29 heavy (non-hydrogen) atoms. The Morgan fingerprint density at radius 1 is 1.28 bits per heavy atom. The topological polar surface area (TPSA) is 71.7 Å². The van der Waals surface area contributed by atoms with Crippen molar-refractivity contribution in [2.24, 2.45) is 5.73 Å². The summed E-state index contributed by atoms with van der Waals surface area (Å²) in [6.07, 6.45) is 2.64. The number of likely N-dealkylation sites (N-methyl/N-ethyl adjacent to an activating group) is 1. The van der Waals surface area contributed by atoms with Gasteiger partial charge in [-0.15, -0.1) is 0 Å². The third-order valence-corrected chi connectivity index (χ3v) is 5.38. The van der Waals surface area contributed by atoms with Gasteiger partial charge in [0.1, 0.15) is 11.4 Å². The van der Waals surface area contributed by atoms with E-state index < -0.39 is 0 Å². The van der Waals surface area contributed by atoms with Crippen LogP contribution in [0, 0.1) is 0 Å². The molecule has 0 radical (unpaired) electrons. The van der Waals surface area contributed by atoms with E-state index in [2.05, 4.69) is 46.0 Å². The molecule has 1 aromatic carbocycles. The van der Waals surface area contributed by atoms with Gasteiger partial charge in [-0.3, -0.25) is 4.90 Å². The van der Waals surface area contributed by atoms with Gasteiger partial charge in [-0.2, -0.15) is 0 Å². The number of carbonyl (C=O) groups is 1. The number of benzene rings is 1. The van der Waals surface area contributed by atoms with Gasteiger partial charge < -0.3 is 15.4 Å². The second-order valence-corrected chi connectivity index (χ2v) is 7.80. The Labute approximate surface area is 173 Å². The molecule has 0 amide bonds. The highest BCUT2D eigenvalue weighted by Gasteiger charge is 2.30. The quantitative estimate of drug-likeness (QED) is 0.691. The zero-order valence-electron chi connectivity index (χ0n) is 17.7. The van der Waals surface area contributed by atoms with E-state index in [1.165, 1.54) is 5.56 Å². The minimum Gasteiger partial charge on any atom is -0.459 e. The molecule has 1 atom stereocenters. The van der Waals surface area contributed by atoms with Gasteiger partial charge in [0.05, 0.1) is 6.10 Å². The fourth-order valence-electron chi connectivity index (χ4n) is 3.83. The summed E-state index contributed by atoms with van der Waals surface area (Å²) in [5.41, 5.74) is 8.69. The number of nitrogens with two attached hydrogens (primary N) is 1. The van der Waals surface area contributed by atoms with Crippen molar-refractivity contribution in [3.05, 3.63) is 59.3 Å². The first kappa shape index (κ1) is 21.3. The van der Waals surface area contributed by atoms with Crippen LogP contribution in [0.1, 0.15) is 48.7 Å². The first-order valence-electron chi connectivity index (χ1n) is 10.4. The second-order valence-electron chi connectivity index (χ2n) is 7.80.